The third-order valence-corrected chi connectivity index (χ3v) is 5.29. The van der Waals surface area contributed by atoms with Gasteiger partial charge in [0.05, 0.1) is 5.25 Å². The Bertz CT molecular complexity index is 491. The van der Waals surface area contributed by atoms with Gasteiger partial charge >= 0.3 is 0 Å². The zero-order valence-electron chi connectivity index (χ0n) is 11.4. The Balaban J connectivity index is 1.98. The molecule has 0 bridgehead atoms. The number of nitrogens with one attached hydrogen (secondary N) is 2. The van der Waals surface area contributed by atoms with Crippen LogP contribution in [0.4, 0.5) is 5.69 Å². The molecule has 1 aromatic carbocycles. The van der Waals surface area contributed by atoms with Crippen LogP contribution >= 0.6 is 0 Å². The Labute approximate surface area is 115 Å². The fourth-order valence-electron chi connectivity index (χ4n) is 2.26. The minimum absolute atomic E-state index is 0.313. The fraction of sp³-hybridized carbons (Fsp3) is 0.571. The van der Waals surface area contributed by atoms with Crippen molar-refractivity contribution in [3.8, 4) is 0 Å². The predicted octanol–water partition coefficient (Wildman–Crippen LogP) is 2.13. The van der Waals surface area contributed by atoms with Gasteiger partial charge in [-0.3, -0.25) is 4.72 Å². The number of sulfonamides is 1. The van der Waals surface area contributed by atoms with Crippen LogP contribution < -0.4 is 10.0 Å². The third kappa shape index (κ3) is 3.94. The van der Waals surface area contributed by atoms with Crippen LogP contribution in [-0.4, -0.2) is 26.8 Å². The molecule has 1 aliphatic heterocycles. The normalized spacial score (nSPS) is 19.5. The molecular weight excluding hydrogens is 260 g/mol. The first-order valence-electron chi connectivity index (χ1n) is 6.93. The number of rotatable bonds is 6. The Morgan fingerprint density at radius 2 is 2.05 bits per heavy atom. The van der Waals surface area contributed by atoms with E-state index in [0.29, 0.717) is 18.7 Å². The second kappa shape index (κ2) is 6.39. The second-order valence-corrected chi connectivity index (χ2v) is 7.02. The van der Waals surface area contributed by atoms with Gasteiger partial charge in [-0.15, -0.1) is 0 Å². The van der Waals surface area contributed by atoms with E-state index in [0.717, 1.165) is 13.0 Å². The molecule has 1 atom stereocenters. The van der Waals surface area contributed by atoms with Crippen LogP contribution in [0, 0.1) is 0 Å². The van der Waals surface area contributed by atoms with E-state index >= 15 is 0 Å². The van der Waals surface area contributed by atoms with Crippen molar-refractivity contribution in [2.24, 2.45) is 0 Å². The van der Waals surface area contributed by atoms with Crippen molar-refractivity contribution >= 4 is 15.7 Å². The maximum atomic E-state index is 12.1. The largest absolute Gasteiger partial charge is 0.315 e. The molecule has 0 amide bonds. The van der Waals surface area contributed by atoms with Crippen molar-refractivity contribution in [3.05, 3.63) is 29.8 Å². The Morgan fingerprint density at radius 3 is 2.63 bits per heavy atom. The molecule has 1 aliphatic rings. The Kier molecular flexibility index (Phi) is 4.82. The van der Waals surface area contributed by atoms with Gasteiger partial charge in [0.25, 0.3) is 0 Å². The molecule has 2 rings (SSSR count). The number of unbranched alkanes of at least 4 members (excludes halogenated alkanes) is 1. The summed E-state index contributed by atoms with van der Waals surface area (Å²) >= 11 is 0. The van der Waals surface area contributed by atoms with Crippen LogP contribution in [0.1, 0.15) is 31.7 Å². The summed E-state index contributed by atoms with van der Waals surface area (Å²) in [5.41, 5.74) is 1.92. The van der Waals surface area contributed by atoms with E-state index in [-0.39, 0.29) is 5.25 Å². The van der Waals surface area contributed by atoms with Crippen LogP contribution in [0.25, 0.3) is 0 Å². The van der Waals surface area contributed by atoms with E-state index in [2.05, 4.69) is 17.0 Å². The summed E-state index contributed by atoms with van der Waals surface area (Å²) < 4.78 is 26.9. The summed E-state index contributed by atoms with van der Waals surface area (Å²) in [4.78, 5) is 0. The van der Waals surface area contributed by atoms with Crippen LogP contribution in [0.3, 0.4) is 0 Å². The quantitative estimate of drug-likeness (QED) is 0.840. The summed E-state index contributed by atoms with van der Waals surface area (Å²) in [6.45, 7) is 3.49. The van der Waals surface area contributed by atoms with Crippen molar-refractivity contribution in [3.63, 3.8) is 0 Å². The van der Waals surface area contributed by atoms with Gasteiger partial charge in [-0.1, -0.05) is 25.5 Å². The maximum Gasteiger partial charge on any atom is 0.236 e. The van der Waals surface area contributed by atoms with Gasteiger partial charge in [-0.2, -0.15) is 0 Å². The molecule has 0 saturated carbocycles. The molecule has 106 valence electrons. The van der Waals surface area contributed by atoms with Crippen molar-refractivity contribution in [1.29, 1.82) is 0 Å². The monoisotopic (exact) mass is 282 g/mol. The van der Waals surface area contributed by atoms with Gasteiger partial charge in [-0.25, -0.2) is 8.42 Å². The highest BCUT2D eigenvalue weighted by Crippen LogP contribution is 2.17. The average molecular weight is 282 g/mol. The smallest absolute Gasteiger partial charge is 0.236 e. The molecule has 1 saturated heterocycles. The highest BCUT2D eigenvalue weighted by atomic mass is 32.2. The lowest BCUT2D eigenvalue weighted by atomic mass is 10.1. The van der Waals surface area contributed by atoms with Gasteiger partial charge in [-0.05, 0) is 43.5 Å². The first-order chi connectivity index (χ1) is 9.12. The SMILES string of the molecule is CCCCc1ccc(NS(=O)(=O)C2CCNC2)cc1. The topological polar surface area (TPSA) is 58.2 Å². The summed E-state index contributed by atoms with van der Waals surface area (Å²) in [5, 5.41) is 2.76. The zero-order valence-corrected chi connectivity index (χ0v) is 12.2. The standard InChI is InChI=1S/C14H22N2O2S/c1-2-3-4-12-5-7-13(8-6-12)16-19(17,18)14-9-10-15-11-14/h5-8,14-16H,2-4,9-11H2,1H3. The Hall–Kier alpha value is -1.07. The van der Waals surface area contributed by atoms with Crippen LogP contribution in [0.5, 0.6) is 0 Å². The highest BCUT2D eigenvalue weighted by Gasteiger charge is 2.28. The van der Waals surface area contributed by atoms with E-state index in [1.54, 1.807) is 0 Å². The summed E-state index contributed by atoms with van der Waals surface area (Å²) in [6, 6.07) is 7.71. The molecule has 4 nitrogen and oxygen atoms in total. The molecule has 1 heterocycles. The van der Waals surface area contributed by atoms with Crippen LogP contribution in [0.2, 0.25) is 0 Å². The Morgan fingerprint density at radius 1 is 1.32 bits per heavy atom. The molecule has 0 aliphatic carbocycles. The van der Waals surface area contributed by atoms with Crippen molar-refractivity contribution in [2.75, 3.05) is 17.8 Å². The zero-order chi connectivity index (χ0) is 13.7. The van der Waals surface area contributed by atoms with E-state index in [1.807, 2.05) is 24.3 Å². The van der Waals surface area contributed by atoms with E-state index in [9.17, 15) is 8.42 Å². The van der Waals surface area contributed by atoms with E-state index < -0.39 is 10.0 Å². The van der Waals surface area contributed by atoms with Crippen molar-refractivity contribution < 1.29 is 8.42 Å². The molecule has 1 unspecified atom stereocenters. The second-order valence-electron chi connectivity index (χ2n) is 5.06. The number of hydrogen-bond acceptors (Lipinski definition) is 3. The van der Waals surface area contributed by atoms with Gasteiger partial charge in [0.15, 0.2) is 0 Å². The molecule has 1 aromatic rings. The summed E-state index contributed by atoms with van der Waals surface area (Å²) in [5.74, 6) is 0. The van der Waals surface area contributed by atoms with Crippen molar-refractivity contribution in [2.45, 2.75) is 37.9 Å². The van der Waals surface area contributed by atoms with Gasteiger partial charge < -0.3 is 5.32 Å². The van der Waals surface area contributed by atoms with Gasteiger partial charge in [0.1, 0.15) is 0 Å². The number of hydrogen-bond donors (Lipinski definition) is 2. The molecule has 5 heteroatoms. The van der Waals surface area contributed by atoms with Gasteiger partial charge in [0, 0.05) is 12.2 Å². The highest BCUT2D eigenvalue weighted by molar-refractivity contribution is 7.93. The maximum absolute atomic E-state index is 12.1. The lowest BCUT2D eigenvalue weighted by Gasteiger charge is -2.13. The summed E-state index contributed by atoms with van der Waals surface area (Å²) in [7, 11) is -3.26. The van der Waals surface area contributed by atoms with Gasteiger partial charge in [0.2, 0.25) is 10.0 Å². The minimum atomic E-state index is -3.26. The molecule has 0 radical (unpaired) electrons. The number of anilines is 1. The molecule has 0 spiro atoms. The molecule has 2 N–H and O–H groups in total. The molecule has 0 aromatic heterocycles. The van der Waals surface area contributed by atoms with E-state index in [1.165, 1.54) is 18.4 Å². The third-order valence-electron chi connectivity index (χ3n) is 3.49. The van der Waals surface area contributed by atoms with Crippen LogP contribution in [-0.2, 0) is 16.4 Å². The molecule has 19 heavy (non-hydrogen) atoms. The molecule has 1 fully saturated rings. The fourth-order valence-corrected chi connectivity index (χ4v) is 3.66. The number of aryl methyl sites for hydroxylation is 1. The molecular formula is C14H22N2O2S. The predicted molar refractivity (Wildman–Crippen MR) is 78.9 cm³/mol. The average Bonchev–Trinajstić information content (AvgIpc) is 2.92. The van der Waals surface area contributed by atoms with Crippen LogP contribution in [0.15, 0.2) is 24.3 Å². The lowest BCUT2D eigenvalue weighted by molar-refractivity contribution is 0.588. The minimum Gasteiger partial charge on any atom is -0.315 e. The lowest BCUT2D eigenvalue weighted by Crippen LogP contribution is -2.29. The first kappa shape index (κ1) is 14.3. The van der Waals surface area contributed by atoms with E-state index in [4.69, 9.17) is 0 Å². The summed E-state index contributed by atoms with van der Waals surface area (Å²) in [6.07, 6.45) is 4.07. The number of benzene rings is 1. The first-order valence-corrected chi connectivity index (χ1v) is 8.48. The van der Waals surface area contributed by atoms with Crippen molar-refractivity contribution in [1.82, 2.24) is 5.32 Å².